The summed E-state index contributed by atoms with van der Waals surface area (Å²) in [6, 6.07) is 4.79. The first-order valence-electron chi connectivity index (χ1n) is 10.5. The fourth-order valence-electron chi connectivity index (χ4n) is 3.90. The molecule has 3 amide bonds. The van der Waals surface area contributed by atoms with Gasteiger partial charge in [-0.2, -0.15) is 23.5 Å². The number of carbonyl (C=O) groups excluding carboxylic acids is 2. The lowest BCUT2D eigenvalue weighted by atomic mass is 10.1. The largest absolute Gasteiger partial charge is 0.411 e. The predicted molar refractivity (Wildman–Crippen MR) is 110 cm³/mol. The molecule has 2 aromatic rings. The van der Waals surface area contributed by atoms with Crippen LogP contribution in [0.2, 0.25) is 0 Å². The Labute approximate surface area is 196 Å². The minimum Gasteiger partial charge on any atom is -0.369 e. The van der Waals surface area contributed by atoms with Gasteiger partial charge < -0.3 is 15.0 Å². The molecule has 0 fully saturated rings. The number of fused-ring (bicyclic) bond motifs is 3. The number of rotatable bonds is 4. The van der Waals surface area contributed by atoms with E-state index in [1.165, 1.54) is 28.8 Å². The van der Waals surface area contributed by atoms with Gasteiger partial charge in [-0.05, 0) is 18.2 Å². The number of nitrogens with zero attached hydrogens (tertiary/aromatic N) is 5. The third kappa shape index (κ3) is 5.36. The number of hydrogen-bond acceptors (Lipinski definition) is 6. The minimum absolute atomic E-state index is 0.0189. The van der Waals surface area contributed by atoms with Gasteiger partial charge in [-0.25, -0.2) is 14.2 Å². The molecular weight excluding hydrogens is 476 g/mol. The number of aromatic nitrogens is 2. The molecule has 2 aliphatic rings. The van der Waals surface area contributed by atoms with E-state index in [4.69, 9.17) is 10.1 Å². The summed E-state index contributed by atoms with van der Waals surface area (Å²) in [5, 5.41) is 16.9. The van der Waals surface area contributed by atoms with E-state index in [2.05, 4.69) is 15.2 Å². The van der Waals surface area contributed by atoms with E-state index in [9.17, 15) is 27.2 Å². The topological polar surface area (TPSA) is 113 Å². The van der Waals surface area contributed by atoms with E-state index in [1.54, 1.807) is 6.07 Å². The Balaban J connectivity index is 1.50. The second kappa shape index (κ2) is 9.51. The molecule has 1 unspecified atom stereocenters. The summed E-state index contributed by atoms with van der Waals surface area (Å²) in [4.78, 5) is 32.6. The third-order valence-electron chi connectivity index (χ3n) is 5.47. The molecule has 14 heteroatoms. The molecule has 0 aliphatic carbocycles. The number of ether oxygens (including phenoxy) is 1. The highest BCUT2D eigenvalue weighted by atomic mass is 19.4. The Kier molecular flexibility index (Phi) is 6.64. The van der Waals surface area contributed by atoms with E-state index in [0.717, 1.165) is 11.1 Å². The van der Waals surface area contributed by atoms with Crippen LogP contribution in [-0.4, -0.2) is 70.8 Å². The van der Waals surface area contributed by atoms with Gasteiger partial charge in [0.1, 0.15) is 30.3 Å². The van der Waals surface area contributed by atoms with Gasteiger partial charge in [-0.1, -0.05) is 0 Å². The summed E-state index contributed by atoms with van der Waals surface area (Å²) >= 11 is 0. The van der Waals surface area contributed by atoms with Crippen LogP contribution in [0.1, 0.15) is 27.3 Å². The smallest absolute Gasteiger partial charge is 0.369 e. The normalized spacial score (nSPS) is 17.9. The number of halogens is 4. The SMILES string of the molecule is CN1OC(COCC(F)(F)F)Cn2nc3c(c2C1=O)CN(C(=O)Nc1ccc(F)c(C#N)c1)CC3. The Morgan fingerprint density at radius 3 is 2.89 bits per heavy atom. The first-order valence-corrected chi connectivity index (χ1v) is 10.5. The van der Waals surface area contributed by atoms with Gasteiger partial charge in [0, 0.05) is 31.3 Å². The number of alkyl halides is 3. The molecule has 1 aromatic heterocycles. The lowest BCUT2D eigenvalue weighted by Crippen LogP contribution is -2.39. The average molecular weight is 496 g/mol. The molecule has 0 spiro atoms. The number of hydroxylamine groups is 2. The second-order valence-corrected chi connectivity index (χ2v) is 8.02. The van der Waals surface area contributed by atoms with Gasteiger partial charge in [0.25, 0.3) is 5.91 Å². The predicted octanol–water partition coefficient (Wildman–Crippen LogP) is 2.45. The first kappa shape index (κ1) is 24.4. The molecule has 0 radical (unpaired) electrons. The number of urea groups is 1. The number of nitrogens with one attached hydrogen (secondary N) is 1. The van der Waals surface area contributed by atoms with Gasteiger partial charge >= 0.3 is 12.2 Å². The van der Waals surface area contributed by atoms with Crippen LogP contribution in [0, 0.1) is 17.1 Å². The Bertz CT molecular complexity index is 1190. The van der Waals surface area contributed by atoms with Crippen molar-refractivity contribution in [1.82, 2.24) is 19.7 Å². The lowest BCUT2D eigenvalue weighted by molar-refractivity contribution is -0.202. The van der Waals surface area contributed by atoms with E-state index in [-0.39, 0.29) is 36.6 Å². The molecule has 2 aliphatic heterocycles. The summed E-state index contributed by atoms with van der Waals surface area (Å²) in [7, 11) is 1.34. The van der Waals surface area contributed by atoms with Gasteiger partial charge in [0.15, 0.2) is 0 Å². The zero-order chi connectivity index (χ0) is 25.3. The molecule has 0 bridgehead atoms. The van der Waals surface area contributed by atoms with Crippen molar-refractivity contribution in [2.45, 2.75) is 31.8 Å². The highest BCUT2D eigenvalue weighted by Crippen LogP contribution is 2.27. The van der Waals surface area contributed by atoms with Crippen molar-refractivity contribution < 1.29 is 36.7 Å². The van der Waals surface area contributed by atoms with E-state index < -0.39 is 43.2 Å². The highest BCUT2D eigenvalue weighted by molar-refractivity contribution is 5.94. The zero-order valence-corrected chi connectivity index (χ0v) is 18.4. The number of hydrogen-bond donors (Lipinski definition) is 1. The molecule has 35 heavy (non-hydrogen) atoms. The van der Waals surface area contributed by atoms with Gasteiger partial charge in [-0.3, -0.25) is 14.3 Å². The van der Waals surface area contributed by atoms with Gasteiger partial charge in [0.05, 0.1) is 31.0 Å². The molecule has 10 nitrogen and oxygen atoms in total. The summed E-state index contributed by atoms with van der Waals surface area (Å²) in [5.41, 5.74) is 1.29. The Morgan fingerprint density at radius 1 is 1.40 bits per heavy atom. The van der Waals surface area contributed by atoms with Crippen LogP contribution in [0.3, 0.4) is 0 Å². The standard InChI is InChI=1S/C21H20F4N6O4/c1-29-19(32)18-15-9-30(20(33)27-13-2-3-16(22)12(6-13)7-26)5-4-17(15)28-31(18)8-14(35-29)10-34-11-21(23,24)25/h2-3,6,14H,4-5,8-11H2,1H3,(H,27,33). The number of nitriles is 1. The highest BCUT2D eigenvalue weighted by Gasteiger charge is 2.36. The van der Waals surface area contributed by atoms with Crippen molar-refractivity contribution in [1.29, 1.82) is 5.26 Å². The van der Waals surface area contributed by atoms with Crippen LogP contribution in [0.15, 0.2) is 18.2 Å². The molecule has 0 saturated heterocycles. The van der Waals surface area contributed by atoms with Crippen molar-refractivity contribution >= 4 is 17.6 Å². The van der Waals surface area contributed by atoms with Gasteiger partial charge in [-0.15, -0.1) is 0 Å². The fourth-order valence-corrected chi connectivity index (χ4v) is 3.90. The van der Waals surface area contributed by atoms with Crippen LogP contribution in [0.4, 0.5) is 28.0 Å². The number of anilines is 1. The summed E-state index contributed by atoms with van der Waals surface area (Å²) < 4.78 is 56.8. The maximum Gasteiger partial charge on any atom is 0.411 e. The molecule has 0 saturated carbocycles. The maximum absolute atomic E-state index is 13.5. The third-order valence-corrected chi connectivity index (χ3v) is 5.47. The van der Waals surface area contributed by atoms with Crippen molar-refractivity contribution in [2.75, 3.05) is 32.1 Å². The minimum atomic E-state index is -4.49. The monoisotopic (exact) mass is 496 g/mol. The number of amides is 3. The van der Waals surface area contributed by atoms with E-state index in [1.807, 2.05) is 0 Å². The molecule has 1 aromatic carbocycles. The molecule has 186 valence electrons. The lowest BCUT2D eigenvalue weighted by Gasteiger charge is -2.27. The number of benzene rings is 1. The zero-order valence-electron chi connectivity index (χ0n) is 18.4. The molecular formula is C21H20F4N6O4. The fraction of sp³-hybridized carbons (Fsp3) is 0.429. The van der Waals surface area contributed by atoms with Crippen LogP contribution < -0.4 is 5.32 Å². The summed E-state index contributed by atoms with van der Waals surface area (Å²) in [5.74, 6) is -1.26. The second-order valence-electron chi connectivity index (χ2n) is 8.02. The van der Waals surface area contributed by atoms with Crippen LogP contribution in [0.5, 0.6) is 0 Å². The van der Waals surface area contributed by atoms with Crippen molar-refractivity contribution in [2.24, 2.45) is 0 Å². The Morgan fingerprint density at radius 2 is 2.17 bits per heavy atom. The summed E-state index contributed by atoms with van der Waals surface area (Å²) in [6.07, 6.45) is -5.04. The van der Waals surface area contributed by atoms with Crippen molar-refractivity contribution in [3.05, 3.63) is 46.5 Å². The quantitative estimate of drug-likeness (QED) is 0.651. The first-order chi connectivity index (χ1) is 16.6. The van der Waals surface area contributed by atoms with Crippen LogP contribution in [0.25, 0.3) is 0 Å². The molecule has 4 rings (SSSR count). The molecule has 1 atom stereocenters. The number of carbonyl (C=O) groups is 2. The van der Waals surface area contributed by atoms with E-state index in [0.29, 0.717) is 17.7 Å². The van der Waals surface area contributed by atoms with Crippen molar-refractivity contribution in [3.8, 4) is 6.07 Å². The van der Waals surface area contributed by atoms with E-state index >= 15 is 0 Å². The Hall–Kier alpha value is -3.70. The molecule has 1 N–H and O–H groups in total. The average Bonchev–Trinajstić information content (AvgIpc) is 3.10. The van der Waals surface area contributed by atoms with Gasteiger partial charge in [0.2, 0.25) is 0 Å². The molecule has 3 heterocycles. The van der Waals surface area contributed by atoms with Crippen LogP contribution >= 0.6 is 0 Å². The van der Waals surface area contributed by atoms with Crippen LogP contribution in [-0.2, 0) is 29.1 Å². The summed E-state index contributed by atoms with van der Waals surface area (Å²) in [6.45, 7) is -1.55. The van der Waals surface area contributed by atoms with Crippen molar-refractivity contribution in [3.63, 3.8) is 0 Å². The maximum atomic E-state index is 13.5.